The first-order chi connectivity index (χ1) is 16.8. The number of alkyl halides is 3. The highest BCUT2D eigenvalue weighted by molar-refractivity contribution is 7.14. The molecule has 3 aromatic rings. The van der Waals surface area contributed by atoms with Gasteiger partial charge in [-0.3, -0.25) is 15.0 Å². The Balaban J connectivity index is 1.33. The van der Waals surface area contributed by atoms with E-state index in [0.29, 0.717) is 42.8 Å². The highest BCUT2D eigenvalue weighted by Crippen LogP contribution is 2.30. The minimum Gasteiger partial charge on any atom is -0.379 e. The van der Waals surface area contributed by atoms with Gasteiger partial charge in [0.15, 0.2) is 5.13 Å². The lowest BCUT2D eigenvalue weighted by atomic mass is 10.1. The molecule has 8 nitrogen and oxygen atoms in total. The lowest BCUT2D eigenvalue weighted by Gasteiger charge is -2.25. The third-order valence-electron chi connectivity index (χ3n) is 5.11. The number of anilines is 3. The summed E-state index contributed by atoms with van der Waals surface area (Å²) in [4.78, 5) is 31.0. The zero-order valence-corrected chi connectivity index (χ0v) is 19.2. The molecule has 1 aromatic heterocycles. The fraction of sp³-hybridized carbons (Fsp3) is 0.261. The van der Waals surface area contributed by atoms with Gasteiger partial charge in [0.25, 0.3) is 0 Å². The number of amides is 3. The van der Waals surface area contributed by atoms with Crippen molar-refractivity contribution in [3.8, 4) is 11.3 Å². The van der Waals surface area contributed by atoms with Crippen LogP contribution < -0.4 is 16.0 Å². The quantitative estimate of drug-likeness (QED) is 0.450. The van der Waals surface area contributed by atoms with Gasteiger partial charge in [0, 0.05) is 35.4 Å². The number of carbonyl (C=O) groups is 2. The summed E-state index contributed by atoms with van der Waals surface area (Å²) in [5, 5.41) is 9.99. The van der Waals surface area contributed by atoms with Crippen molar-refractivity contribution < 1.29 is 27.5 Å². The molecule has 0 bridgehead atoms. The Labute approximate surface area is 203 Å². The summed E-state index contributed by atoms with van der Waals surface area (Å²) in [5.41, 5.74) is 1.40. The number of urea groups is 1. The Morgan fingerprint density at radius 1 is 1.00 bits per heavy atom. The van der Waals surface area contributed by atoms with Crippen LogP contribution in [-0.2, 0) is 15.7 Å². The summed E-state index contributed by atoms with van der Waals surface area (Å²) in [6.07, 6.45) is -4.44. The van der Waals surface area contributed by atoms with E-state index in [1.807, 2.05) is 11.0 Å². The second-order valence-corrected chi connectivity index (χ2v) is 8.57. The molecule has 35 heavy (non-hydrogen) atoms. The minimum absolute atomic E-state index is 0.121. The molecule has 0 spiro atoms. The van der Waals surface area contributed by atoms with Gasteiger partial charge in [-0.1, -0.05) is 12.1 Å². The van der Waals surface area contributed by atoms with E-state index in [1.165, 1.54) is 23.5 Å². The number of aromatic nitrogens is 1. The summed E-state index contributed by atoms with van der Waals surface area (Å²) < 4.78 is 43.3. The molecule has 0 radical (unpaired) electrons. The molecule has 2 aromatic carbocycles. The molecular weight excluding hydrogens is 483 g/mol. The van der Waals surface area contributed by atoms with Crippen molar-refractivity contribution in [1.29, 1.82) is 0 Å². The molecule has 12 heteroatoms. The third kappa shape index (κ3) is 7.01. The number of nitrogens with one attached hydrogen (secondary N) is 3. The van der Waals surface area contributed by atoms with Crippen molar-refractivity contribution in [3.05, 3.63) is 59.5 Å². The molecule has 0 aliphatic carbocycles. The Bertz CT molecular complexity index is 1180. The summed E-state index contributed by atoms with van der Waals surface area (Å²) in [6, 6.07) is 10.7. The first-order valence-electron chi connectivity index (χ1n) is 10.7. The predicted octanol–water partition coefficient (Wildman–Crippen LogP) is 4.74. The van der Waals surface area contributed by atoms with Gasteiger partial charge in [0.05, 0.1) is 31.0 Å². The fourth-order valence-corrected chi connectivity index (χ4v) is 4.10. The number of halogens is 3. The monoisotopic (exact) mass is 505 g/mol. The van der Waals surface area contributed by atoms with Crippen LogP contribution in [0.25, 0.3) is 11.3 Å². The smallest absolute Gasteiger partial charge is 0.379 e. The standard InChI is InChI=1S/C23H22F3N5O3S/c24-23(25,26)16-4-6-17(7-5-16)28-21(33)30-22-29-19(14-35-22)15-2-1-3-18(12-15)27-20(32)13-31-8-10-34-11-9-31/h1-7,12,14H,8-11,13H2,(H,27,32)(H2,28,29,30,33). The van der Waals surface area contributed by atoms with Gasteiger partial charge in [-0.05, 0) is 36.4 Å². The second-order valence-electron chi connectivity index (χ2n) is 7.71. The van der Waals surface area contributed by atoms with Crippen LogP contribution >= 0.6 is 11.3 Å². The van der Waals surface area contributed by atoms with Gasteiger partial charge in [-0.15, -0.1) is 11.3 Å². The van der Waals surface area contributed by atoms with Crippen LogP contribution in [0.5, 0.6) is 0 Å². The number of benzene rings is 2. The van der Waals surface area contributed by atoms with Crippen molar-refractivity contribution in [2.75, 3.05) is 48.8 Å². The number of nitrogens with zero attached hydrogens (tertiary/aromatic N) is 2. The van der Waals surface area contributed by atoms with Crippen molar-refractivity contribution in [2.45, 2.75) is 6.18 Å². The van der Waals surface area contributed by atoms with Gasteiger partial charge in [0.1, 0.15) is 0 Å². The summed E-state index contributed by atoms with van der Waals surface area (Å²) in [6.45, 7) is 2.95. The number of morpholine rings is 1. The average Bonchev–Trinajstić information content (AvgIpc) is 3.28. The van der Waals surface area contributed by atoms with Crippen LogP contribution in [-0.4, -0.2) is 54.7 Å². The normalized spacial score (nSPS) is 14.4. The van der Waals surface area contributed by atoms with Crippen molar-refractivity contribution in [3.63, 3.8) is 0 Å². The van der Waals surface area contributed by atoms with E-state index in [9.17, 15) is 22.8 Å². The van der Waals surface area contributed by atoms with E-state index in [2.05, 4.69) is 20.9 Å². The molecule has 2 heterocycles. The molecular formula is C23H22F3N5O3S. The molecule has 3 N–H and O–H groups in total. The SMILES string of the molecule is O=C(CN1CCOCC1)Nc1cccc(-c2csc(NC(=O)Nc3ccc(C(F)(F)F)cc3)n2)c1. The molecule has 4 rings (SSSR count). The first kappa shape index (κ1) is 24.6. The van der Waals surface area contributed by atoms with Crippen LogP contribution in [0.2, 0.25) is 0 Å². The lowest BCUT2D eigenvalue weighted by molar-refractivity contribution is -0.137. The highest BCUT2D eigenvalue weighted by Gasteiger charge is 2.30. The topological polar surface area (TPSA) is 95.6 Å². The maximum absolute atomic E-state index is 12.7. The van der Waals surface area contributed by atoms with Crippen LogP contribution in [0, 0.1) is 0 Å². The average molecular weight is 506 g/mol. The molecule has 1 aliphatic rings. The molecule has 0 saturated carbocycles. The first-order valence-corrected chi connectivity index (χ1v) is 11.6. The number of hydrogen-bond acceptors (Lipinski definition) is 6. The van der Waals surface area contributed by atoms with E-state index >= 15 is 0 Å². The fourth-order valence-electron chi connectivity index (χ4n) is 3.38. The Morgan fingerprint density at radius 3 is 2.46 bits per heavy atom. The Morgan fingerprint density at radius 2 is 1.74 bits per heavy atom. The number of rotatable bonds is 6. The maximum Gasteiger partial charge on any atom is 0.416 e. The zero-order valence-electron chi connectivity index (χ0n) is 18.4. The van der Waals surface area contributed by atoms with Crippen LogP contribution in [0.15, 0.2) is 53.9 Å². The van der Waals surface area contributed by atoms with E-state index in [-0.39, 0.29) is 18.1 Å². The summed E-state index contributed by atoms with van der Waals surface area (Å²) >= 11 is 1.19. The van der Waals surface area contributed by atoms with Crippen LogP contribution in [0.1, 0.15) is 5.56 Å². The van der Waals surface area contributed by atoms with Crippen LogP contribution in [0.4, 0.5) is 34.5 Å². The molecule has 0 unspecified atom stereocenters. The Kier molecular flexibility index (Phi) is 7.63. The van der Waals surface area contributed by atoms with Gasteiger partial charge < -0.3 is 15.4 Å². The maximum atomic E-state index is 12.7. The molecule has 0 atom stereocenters. The van der Waals surface area contributed by atoms with Gasteiger partial charge in [-0.25, -0.2) is 9.78 Å². The van der Waals surface area contributed by atoms with Crippen molar-refractivity contribution >= 4 is 39.8 Å². The Hall–Kier alpha value is -3.48. The number of thiazole rings is 1. The number of hydrogen-bond donors (Lipinski definition) is 3. The third-order valence-corrected chi connectivity index (χ3v) is 5.87. The summed E-state index contributed by atoms with van der Waals surface area (Å²) in [7, 11) is 0. The second kappa shape index (κ2) is 10.8. The van der Waals surface area contributed by atoms with E-state index in [0.717, 1.165) is 17.7 Å². The minimum atomic E-state index is -4.44. The molecule has 1 fully saturated rings. The van der Waals surface area contributed by atoms with Crippen molar-refractivity contribution in [1.82, 2.24) is 9.88 Å². The summed E-state index contributed by atoms with van der Waals surface area (Å²) in [5.74, 6) is -0.121. The van der Waals surface area contributed by atoms with Crippen molar-refractivity contribution in [2.24, 2.45) is 0 Å². The number of ether oxygens (including phenoxy) is 1. The van der Waals surface area contributed by atoms with Gasteiger partial charge in [-0.2, -0.15) is 13.2 Å². The van der Waals surface area contributed by atoms with Gasteiger partial charge >= 0.3 is 12.2 Å². The van der Waals surface area contributed by atoms with E-state index in [1.54, 1.807) is 23.6 Å². The molecule has 1 saturated heterocycles. The predicted molar refractivity (Wildman–Crippen MR) is 128 cm³/mol. The highest BCUT2D eigenvalue weighted by atomic mass is 32.1. The van der Waals surface area contributed by atoms with E-state index < -0.39 is 17.8 Å². The molecule has 3 amide bonds. The van der Waals surface area contributed by atoms with E-state index in [4.69, 9.17) is 4.74 Å². The number of carbonyl (C=O) groups excluding carboxylic acids is 2. The zero-order chi connectivity index (χ0) is 24.8. The lowest BCUT2D eigenvalue weighted by Crippen LogP contribution is -2.41. The van der Waals surface area contributed by atoms with Crippen LogP contribution in [0.3, 0.4) is 0 Å². The largest absolute Gasteiger partial charge is 0.416 e. The van der Waals surface area contributed by atoms with Gasteiger partial charge in [0.2, 0.25) is 5.91 Å². The molecule has 184 valence electrons. The molecule has 1 aliphatic heterocycles.